The number of hydrogen-bond donors (Lipinski definition) is 2. The summed E-state index contributed by atoms with van der Waals surface area (Å²) in [5, 5.41) is 12.0. The largest absolute Gasteiger partial charge is 0.481 e. The molecule has 0 bridgehead atoms. The third-order valence-corrected chi connectivity index (χ3v) is 5.93. The van der Waals surface area contributed by atoms with Crippen molar-refractivity contribution >= 4 is 12.1 Å². The second kappa shape index (κ2) is 10.3. The Kier molecular flexibility index (Phi) is 7.84. The van der Waals surface area contributed by atoms with E-state index in [1.807, 2.05) is 30.9 Å². The standard InChI is InChI=1S/C27H34F2N2O4/c1-15-7-18(12-31-13-20(28)14-31)8-16(2)24(15)19-9-17(3)25(29)21(10-19)22(11-23(32)33)30-26(34)35-27(4,5)6/h7-10,20,22H,11-14H2,1-6H3,(H,30,34)(H,32,33)/t22-/m0/s1. The van der Waals surface area contributed by atoms with Gasteiger partial charge in [-0.05, 0) is 87.1 Å². The summed E-state index contributed by atoms with van der Waals surface area (Å²) in [6.07, 6.45) is -2.07. The summed E-state index contributed by atoms with van der Waals surface area (Å²) in [5.74, 6) is -1.74. The van der Waals surface area contributed by atoms with Crippen LogP contribution in [-0.2, 0) is 16.1 Å². The van der Waals surface area contributed by atoms with Crippen molar-refractivity contribution in [3.8, 4) is 11.1 Å². The normalized spacial score (nSPS) is 15.4. The van der Waals surface area contributed by atoms with Crippen LogP contribution in [0.1, 0.15) is 61.1 Å². The second-order valence-corrected chi connectivity index (χ2v) is 10.4. The van der Waals surface area contributed by atoms with E-state index in [-0.39, 0.29) is 5.56 Å². The van der Waals surface area contributed by atoms with Crippen LogP contribution in [0.3, 0.4) is 0 Å². The third kappa shape index (κ3) is 6.78. The minimum absolute atomic E-state index is 0.0886. The van der Waals surface area contributed by atoms with Crippen LogP contribution in [0.5, 0.6) is 0 Å². The smallest absolute Gasteiger partial charge is 0.408 e. The fraction of sp³-hybridized carbons (Fsp3) is 0.481. The van der Waals surface area contributed by atoms with E-state index < -0.39 is 42.1 Å². The topological polar surface area (TPSA) is 78.9 Å². The van der Waals surface area contributed by atoms with Gasteiger partial charge in [0.05, 0.1) is 12.5 Å². The zero-order chi connectivity index (χ0) is 26.1. The van der Waals surface area contributed by atoms with Crippen molar-refractivity contribution in [2.24, 2.45) is 0 Å². The van der Waals surface area contributed by atoms with Crippen molar-refractivity contribution in [2.75, 3.05) is 13.1 Å². The Balaban J connectivity index is 1.97. The molecule has 2 aromatic rings. The van der Waals surface area contributed by atoms with E-state index in [0.717, 1.165) is 27.8 Å². The van der Waals surface area contributed by atoms with Gasteiger partial charge in [0.1, 0.15) is 17.6 Å². The van der Waals surface area contributed by atoms with Crippen LogP contribution in [0.15, 0.2) is 24.3 Å². The molecule has 2 N–H and O–H groups in total. The molecule has 1 saturated heterocycles. The first-order chi connectivity index (χ1) is 16.2. The van der Waals surface area contributed by atoms with Gasteiger partial charge < -0.3 is 15.2 Å². The number of amides is 1. The number of hydrogen-bond acceptors (Lipinski definition) is 4. The minimum atomic E-state index is -1.17. The molecule has 0 saturated carbocycles. The second-order valence-electron chi connectivity index (χ2n) is 10.4. The summed E-state index contributed by atoms with van der Waals surface area (Å²) in [4.78, 5) is 26.0. The molecular weight excluding hydrogens is 454 g/mol. The van der Waals surface area contributed by atoms with Crippen molar-refractivity contribution in [3.63, 3.8) is 0 Å². The summed E-state index contributed by atoms with van der Waals surface area (Å²) < 4.78 is 33.7. The van der Waals surface area contributed by atoms with Gasteiger partial charge in [-0.25, -0.2) is 13.6 Å². The number of carboxylic acids is 1. The van der Waals surface area contributed by atoms with Gasteiger partial charge in [-0.2, -0.15) is 0 Å². The maximum atomic E-state index is 15.3. The molecule has 0 aliphatic carbocycles. The van der Waals surface area contributed by atoms with Crippen LogP contribution in [0.2, 0.25) is 0 Å². The molecular formula is C27H34F2N2O4. The molecule has 1 aliphatic rings. The highest BCUT2D eigenvalue weighted by atomic mass is 19.1. The van der Waals surface area contributed by atoms with Crippen LogP contribution in [0, 0.1) is 26.6 Å². The molecule has 0 radical (unpaired) electrons. The molecule has 1 heterocycles. The summed E-state index contributed by atoms with van der Waals surface area (Å²) in [6.45, 7) is 12.2. The lowest BCUT2D eigenvalue weighted by atomic mass is 9.89. The molecule has 35 heavy (non-hydrogen) atoms. The SMILES string of the molecule is Cc1cc(-c2c(C)cc(CN3CC(F)C3)cc2C)cc([C@H](CC(=O)O)NC(=O)OC(C)(C)C)c1F. The van der Waals surface area contributed by atoms with E-state index in [9.17, 15) is 19.1 Å². The van der Waals surface area contributed by atoms with Crippen molar-refractivity contribution in [3.05, 3.63) is 57.9 Å². The van der Waals surface area contributed by atoms with E-state index in [1.165, 1.54) is 0 Å². The fourth-order valence-corrected chi connectivity index (χ4v) is 4.55. The Morgan fingerprint density at radius 1 is 1.11 bits per heavy atom. The highest BCUT2D eigenvalue weighted by molar-refractivity contribution is 5.75. The molecule has 3 rings (SSSR count). The predicted octanol–water partition coefficient (Wildman–Crippen LogP) is 5.61. The van der Waals surface area contributed by atoms with Crippen LogP contribution < -0.4 is 5.32 Å². The number of rotatable bonds is 7. The predicted molar refractivity (Wildman–Crippen MR) is 131 cm³/mol. The number of nitrogens with zero attached hydrogens (tertiary/aromatic N) is 1. The Bertz CT molecular complexity index is 1100. The van der Waals surface area contributed by atoms with Crippen LogP contribution in [-0.4, -0.2) is 46.9 Å². The molecule has 1 amide bonds. The number of carbonyl (C=O) groups excluding carboxylic acids is 1. The first-order valence-corrected chi connectivity index (χ1v) is 11.7. The number of halogens is 2. The lowest BCUT2D eigenvalue weighted by Gasteiger charge is -2.34. The minimum Gasteiger partial charge on any atom is -0.481 e. The number of likely N-dealkylation sites (tertiary alicyclic amines) is 1. The van der Waals surface area contributed by atoms with Gasteiger partial charge in [0.2, 0.25) is 0 Å². The van der Waals surface area contributed by atoms with Crippen LogP contribution >= 0.6 is 0 Å². The Morgan fingerprint density at radius 2 is 1.71 bits per heavy atom. The van der Waals surface area contributed by atoms with Gasteiger partial charge in [0.25, 0.3) is 0 Å². The van der Waals surface area contributed by atoms with E-state index in [4.69, 9.17) is 4.74 Å². The molecule has 0 aromatic heterocycles. The van der Waals surface area contributed by atoms with Crippen LogP contribution in [0.4, 0.5) is 13.6 Å². The lowest BCUT2D eigenvalue weighted by Crippen LogP contribution is -2.47. The van der Waals surface area contributed by atoms with Crippen LogP contribution in [0.25, 0.3) is 11.1 Å². The molecule has 0 unspecified atom stereocenters. The van der Waals surface area contributed by atoms with E-state index in [2.05, 4.69) is 5.32 Å². The summed E-state index contributed by atoms with van der Waals surface area (Å²) >= 11 is 0. The molecule has 190 valence electrons. The molecule has 6 nitrogen and oxygen atoms in total. The van der Waals surface area contributed by atoms with E-state index in [1.54, 1.807) is 39.8 Å². The summed E-state index contributed by atoms with van der Waals surface area (Å²) in [6, 6.07) is 6.30. The maximum absolute atomic E-state index is 15.3. The van der Waals surface area contributed by atoms with Crippen molar-refractivity contribution in [2.45, 2.75) is 72.3 Å². The maximum Gasteiger partial charge on any atom is 0.408 e. The van der Waals surface area contributed by atoms with Crippen molar-refractivity contribution in [1.82, 2.24) is 10.2 Å². The third-order valence-electron chi connectivity index (χ3n) is 5.93. The van der Waals surface area contributed by atoms with Crippen molar-refractivity contribution in [1.29, 1.82) is 0 Å². The molecule has 0 spiro atoms. The molecule has 8 heteroatoms. The monoisotopic (exact) mass is 488 g/mol. The number of ether oxygens (including phenoxy) is 1. The average molecular weight is 489 g/mol. The zero-order valence-electron chi connectivity index (χ0n) is 21.2. The Hall–Kier alpha value is -3.00. The average Bonchev–Trinajstić information content (AvgIpc) is 2.66. The molecule has 2 aromatic carbocycles. The summed E-state index contributed by atoms with van der Waals surface area (Å²) in [5.41, 5.74) is 4.32. The molecule has 1 atom stereocenters. The van der Waals surface area contributed by atoms with Gasteiger partial charge >= 0.3 is 12.1 Å². The first-order valence-electron chi connectivity index (χ1n) is 11.7. The number of alkyl carbamates (subject to hydrolysis) is 1. The fourth-order valence-electron chi connectivity index (χ4n) is 4.55. The van der Waals surface area contributed by atoms with Gasteiger partial charge in [-0.1, -0.05) is 12.1 Å². The highest BCUT2D eigenvalue weighted by Crippen LogP contribution is 2.34. The number of benzene rings is 2. The number of nitrogens with one attached hydrogen (secondary N) is 1. The number of carboxylic acid groups (broad SMARTS) is 1. The first kappa shape index (κ1) is 26.6. The number of aliphatic carboxylic acids is 1. The number of carbonyl (C=O) groups is 2. The molecule has 1 aliphatic heterocycles. The number of alkyl halides is 1. The van der Waals surface area contributed by atoms with Crippen molar-refractivity contribution < 1.29 is 28.2 Å². The Morgan fingerprint density at radius 3 is 2.23 bits per heavy atom. The zero-order valence-corrected chi connectivity index (χ0v) is 21.2. The lowest BCUT2D eigenvalue weighted by molar-refractivity contribution is -0.137. The van der Waals surface area contributed by atoms with Gasteiger partial charge in [-0.15, -0.1) is 0 Å². The van der Waals surface area contributed by atoms with Gasteiger partial charge in [0.15, 0.2) is 0 Å². The van der Waals surface area contributed by atoms with E-state index >= 15 is 4.39 Å². The Labute approximate surface area is 205 Å². The van der Waals surface area contributed by atoms with Gasteiger partial charge in [-0.3, -0.25) is 9.69 Å². The number of aryl methyl sites for hydroxylation is 3. The van der Waals surface area contributed by atoms with Gasteiger partial charge in [0, 0.05) is 25.2 Å². The van der Waals surface area contributed by atoms with E-state index in [0.29, 0.717) is 25.2 Å². The quantitative estimate of drug-likeness (QED) is 0.530. The molecule has 1 fully saturated rings. The highest BCUT2D eigenvalue weighted by Gasteiger charge is 2.28. The summed E-state index contributed by atoms with van der Waals surface area (Å²) in [7, 11) is 0.